The third-order valence-corrected chi connectivity index (χ3v) is 5.70. The Morgan fingerprint density at radius 1 is 1.14 bits per heavy atom. The third-order valence-electron chi connectivity index (χ3n) is 3.89. The Hall–Kier alpha value is -3.03. The molecule has 0 unspecified atom stereocenters. The normalized spacial score (nSPS) is 11.2. The van der Waals surface area contributed by atoms with E-state index in [0.717, 1.165) is 26.0 Å². The number of thiazole rings is 2. The highest BCUT2D eigenvalue weighted by molar-refractivity contribution is 7.19. The van der Waals surface area contributed by atoms with Gasteiger partial charge in [-0.1, -0.05) is 29.8 Å². The summed E-state index contributed by atoms with van der Waals surface area (Å²) < 4.78 is 6.36. The second kappa shape index (κ2) is 8.33. The summed E-state index contributed by atoms with van der Waals surface area (Å²) in [5, 5.41) is 6.66. The predicted molar refractivity (Wildman–Crippen MR) is 115 cm³/mol. The zero-order chi connectivity index (χ0) is 19.3. The molecule has 0 fully saturated rings. The van der Waals surface area contributed by atoms with Gasteiger partial charge in [-0.2, -0.15) is 0 Å². The van der Waals surface area contributed by atoms with E-state index in [9.17, 15) is 4.79 Å². The Bertz CT molecular complexity index is 1100. The summed E-state index contributed by atoms with van der Waals surface area (Å²) in [6.45, 7) is 2.18. The smallest absolute Gasteiger partial charge is 0.331 e. The number of para-hydroxylation sites is 1. The Kier molecular flexibility index (Phi) is 5.45. The van der Waals surface area contributed by atoms with Crippen LogP contribution in [0.2, 0.25) is 0 Å². The minimum absolute atomic E-state index is 0.134. The van der Waals surface area contributed by atoms with Crippen molar-refractivity contribution in [1.82, 2.24) is 9.97 Å². The van der Waals surface area contributed by atoms with Crippen LogP contribution in [0.3, 0.4) is 0 Å². The highest BCUT2D eigenvalue weighted by Crippen LogP contribution is 2.23. The predicted octanol–water partition coefficient (Wildman–Crippen LogP) is 5.56. The maximum Gasteiger partial charge on any atom is 0.331 e. The van der Waals surface area contributed by atoms with Crippen molar-refractivity contribution >= 4 is 55.8 Å². The average molecular weight is 408 g/mol. The van der Waals surface area contributed by atoms with Crippen LogP contribution in [0.1, 0.15) is 16.3 Å². The van der Waals surface area contributed by atoms with Crippen molar-refractivity contribution in [3.8, 4) is 0 Å². The van der Waals surface area contributed by atoms with E-state index in [1.807, 2.05) is 60.8 Å². The zero-order valence-electron chi connectivity index (χ0n) is 15.1. The van der Waals surface area contributed by atoms with Gasteiger partial charge in [-0.25, -0.2) is 14.8 Å². The number of aryl methyl sites for hydroxylation is 1. The van der Waals surface area contributed by atoms with Crippen molar-refractivity contribution in [2.24, 2.45) is 0 Å². The number of nitrogens with one attached hydrogen (secondary N) is 1. The summed E-state index contributed by atoms with van der Waals surface area (Å²) in [5.74, 6) is -0.416. The zero-order valence-corrected chi connectivity index (χ0v) is 16.7. The van der Waals surface area contributed by atoms with Crippen LogP contribution >= 0.6 is 22.7 Å². The molecule has 2 aromatic heterocycles. The van der Waals surface area contributed by atoms with Crippen molar-refractivity contribution in [3.63, 3.8) is 0 Å². The molecular weight excluding hydrogens is 390 g/mol. The monoisotopic (exact) mass is 407 g/mol. The van der Waals surface area contributed by atoms with Crippen LogP contribution in [0.25, 0.3) is 16.3 Å². The fourth-order valence-electron chi connectivity index (χ4n) is 2.48. The lowest BCUT2D eigenvalue weighted by atomic mass is 10.2. The largest absolute Gasteiger partial charge is 0.456 e. The van der Waals surface area contributed by atoms with Gasteiger partial charge in [0.2, 0.25) is 0 Å². The van der Waals surface area contributed by atoms with E-state index >= 15 is 0 Å². The Balaban J connectivity index is 1.31. The molecule has 4 aromatic rings. The maximum atomic E-state index is 12.0. The number of rotatable bonds is 6. The molecule has 2 aromatic carbocycles. The lowest BCUT2D eigenvalue weighted by molar-refractivity contribution is -0.139. The van der Waals surface area contributed by atoms with Gasteiger partial charge in [0.05, 0.1) is 15.9 Å². The number of esters is 1. The molecule has 0 saturated carbocycles. The van der Waals surface area contributed by atoms with Crippen LogP contribution < -0.4 is 5.32 Å². The van der Waals surface area contributed by atoms with Gasteiger partial charge in [-0.05, 0) is 37.3 Å². The molecule has 0 aliphatic heterocycles. The number of carbonyl (C=O) groups excluding carboxylic acids is 1. The molecule has 0 saturated heterocycles. The van der Waals surface area contributed by atoms with Crippen LogP contribution in [-0.2, 0) is 16.1 Å². The second-order valence-corrected chi connectivity index (χ2v) is 8.02. The first kappa shape index (κ1) is 18.3. The Morgan fingerprint density at radius 3 is 2.79 bits per heavy atom. The minimum Gasteiger partial charge on any atom is -0.456 e. The molecule has 0 spiro atoms. The summed E-state index contributed by atoms with van der Waals surface area (Å²) in [6, 6.07) is 16.0. The lowest BCUT2D eigenvalue weighted by Gasteiger charge is -2.02. The van der Waals surface area contributed by atoms with Crippen LogP contribution in [0, 0.1) is 6.92 Å². The number of hydrogen-bond donors (Lipinski definition) is 1. The van der Waals surface area contributed by atoms with Crippen molar-refractivity contribution < 1.29 is 9.53 Å². The van der Waals surface area contributed by atoms with Crippen LogP contribution in [0.5, 0.6) is 0 Å². The summed E-state index contributed by atoms with van der Waals surface area (Å²) >= 11 is 3.01. The molecule has 4 rings (SSSR count). The van der Waals surface area contributed by atoms with E-state index in [4.69, 9.17) is 4.74 Å². The lowest BCUT2D eigenvalue weighted by Crippen LogP contribution is -2.01. The van der Waals surface area contributed by atoms with Gasteiger partial charge >= 0.3 is 5.97 Å². The van der Waals surface area contributed by atoms with Gasteiger partial charge in [0, 0.05) is 17.1 Å². The number of fused-ring (bicyclic) bond motifs is 1. The highest BCUT2D eigenvalue weighted by atomic mass is 32.1. The Labute approximate surface area is 170 Å². The van der Waals surface area contributed by atoms with Gasteiger partial charge in [0.15, 0.2) is 5.13 Å². The van der Waals surface area contributed by atoms with Crippen molar-refractivity contribution in [3.05, 3.63) is 76.3 Å². The van der Waals surface area contributed by atoms with Gasteiger partial charge in [-0.3, -0.25) is 0 Å². The summed E-state index contributed by atoms with van der Waals surface area (Å²) in [5.41, 5.74) is 3.82. The second-order valence-electron chi connectivity index (χ2n) is 6.10. The van der Waals surface area contributed by atoms with Gasteiger partial charge < -0.3 is 10.1 Å². The summed E-state index contributed by atoms with van der Waals surface area (Å²) in [7, 11) is 0. The van der Waals surface area contributed by atoms with Gasteiger partial charge in [0.25, 0.3) is 0 Å². The number of anilines is 2. The standard InChI is InChI=1S/C21H17N3O2S2/c1-14-6-8-15(9-7-14)22-21-23-16(13-27-21)12-26-20(25)11-10-19-24-17-4-2-3-5-18(17)28-19/h2-11,13H,12H2,1H3,(H,22,23)/b11-10+. The van der Waals surface area contributed by atoms with Crippen LogP contribution in [0.4, 0.5) is 10.8 Å². The maximum absolute atomic E-state index is 12.0. The number of hydrogen-bond acceptors (Lipinski definition) is 7. The van der Waals surface area contributed by atoms with Crippen LogP contribution in [0.15, 0.2) is 60.0 Å². The quantitative estimate of drug-likeness (QED) is 0.335. The summed E-state index contributed by atoms with van der Waals surface area (Å²) in [4.78, 5) is 20.9. The molecule has 0 amide bonds. The number of ether oxygens (including phenoxy) is 1. The van der Waals surface area contributed by atoms with Gasteiger partial charge in [0.1, 0.15) is 11.6 Å². The molecular formula is C21H17N3O2S2. The van der Waals surface area contributed by atoms with E-state index in [2.05, 4.69) is 15.3 Å². The van der Waals surface area contributed by atoms with Crippen molar-refractivity contribution in [1.29, 1.82) is 0 Å². The van der Waals surface area contributed by atoms with E-state index in [0.29, 0.717) is 5.69 Å². The van der Waals surface area contributed by atoms with E-state index < -0.39 is 5.97 Å². The number of benzene rings is 2. The molecule has 140 valence electrons. The molecule has 28 heavy (non-hydrogen) atoms. The van der Waals surface area contributed by atoms with E-state index in [-0.39, 0.29) is 6.61 Å². The number of carbonyl (C=O) groups is 1. The molecule has 2 heterocycles. The van der Waals surface area contributed by atoms with Crippen molar-refractivity contribution in [2.45, 2.75) is 13.5 Å². The average Bonchev–Trinajstić information content (AvgIpc) is 3.33. The minimum atomic E-state index is -0.416. The molecule has 1 N–H and O–H groups in total. The van der Waals surface area contributed by atoms with Gasteiger partial charge in [-0.15, -0.1) is 22.7 Å². The van der Waals surface area contributed by atoms with Crippen molar-refractivity contribution in [2.75, 3.05) is 5.32 Å². The molecule has 0 radical (unpaired) electrons. The fraction of sp³-hybridized carbons (Fsp3) is 0.0952. The first-order valence-corrected chi connectivity index (χ1v) is 10.3. The number of nitrogens with zero attached hydrogens (tertiary/aromatic N) is 2. The first-order valence-electron chi connectivity index (χ1n) is 8.64. The third kappa shape index (κ3) is 4.62. The highest BCUT2D eigenvalue weighted by Gasteiger charge is 2.06. The fourth-order valence-corrected chi connectivity index (χ4v) is 4.07. The SMILES string of the molecule is Cc1ccc(Nc2nc(COC(=O)/C=C/c3nc4ccccc4s3)cs2)cc1. The summed E-state index contributed by atoms with van der Waals surface area (Å²) in [6.07, 6.45) is 3.08. The molecule has 0 aliphatic rings. The van der Waals surface area contributed by atoms with E-state index in [1.165, 1.54) is 34.3 Å². The Morgan fingerprint density at radius 2 is 1.96 bits per heavy atom. The van der Waals surface area contributed by atoms with Crippen LogP contribution in [-0.4, -0.2) is 15.9 Å². The number of aromatic nitrogens is 2. The van der Waals surface area contributed by atoms with E-state index in [1.54, 1.807) is 6.08 Å². The molecule has 0 atom stereocenters. The molecule has 0 bridgehead atoms. The molecule has 7 heteroatoms. The first-order chi connectivity index (χ1) is 13.7. The molecule has 5 nitrogen and oxygen atoms in total. The topological polar surface area (TPSA) is 64.1 Å². The molecule has 0 aliphatic carbocycles.